The third-order valence-corrected chi connectivity index (χ3v) is 8.68. The van der Waals surface area contributed by atoms with Crippen molar-refractivity contribution in [3.05, 3.63) is 140 Å². The van der Waals surface area contributed by atoms with Gasteiger partial charge in [-0.3, -0.25) is 4.98 Å². The summed E-state index contributed by atoms with van der Waals surface area (Å²) >= 11 is 0. The lowest BCUT2D eigenvalue weighted by atomic mass is 9.83. The highest BCUT2D eigenvalue weighted by Gasteiger charge is 2.20. The van der Waals surface area contributed by atoms with Crippen molar-refractivity contribution in [2.24, 2.45) is 0 Å². The zero-order valence-corrected chi connectivity index (χ0v) is 21.7. The highest BCUT2D eigenvalue weighted by molar-refractivity contribution is 6.35. The number of pyridine rings is 1. The van der Waals surface area contributed by atoms with E-state index in [9.17, 15) is 0 Å². The van der Waals surface area contributed by atoms with Crippen molar-refractivity contribution < 1.29 is 0 Å². The van der Waals surface area contributed by atoms with Crippen LogP contribution in [0.3, 0.4) is 0 Å². The van der Waals surface area contributed by atoms with E-state index in [-0.39, 0.29) is 0 Å². The summed E-state index contributed by atoms with van der Waals surface area (Å²) in [5, 5.41) is 15.4. The monoisotopic (exact) mass is 505 g/mol. The molecule has 8 aromatic carbocycles. The van der Waals surface area contributed by atoms with Gasteiger partial charge in [-0.05, 0) is 87.6 Å². The largest absolute Gasteiger partial charge is 0.264 e. The molecule has 0 saturated heterocycles. The van der Waals surface area contributed by atoms with Crippen molar-refractivity contribution in [1.82, 2.24) is 4.98 Å². The van der Waals surface area contributed by atoms with Gasteiger partial charge in [-0.25, -0.2) is 0 Å². The normalized spacial score (nSPS) is 12.0. The topological polar surface area (TPSA) is 12.9 Å². The van der Waals surface area contributed by atoms with Gasteiger partial charge in [0, 0.05) is 17.8 Å². The first-order valence-corrected chi connectivity index (χ1v) is 13.8. The zero-order chi connectivity index (χ0) is 26.2. The summed E-state index contributed by atoms with van der Waals surface area (Å²) in [4.78, 5) is 4.64. The predicted molar refractivity (Wildman–Crippen MR) is 171 cm³/mol. The maximum atomic E-state index is 4.64. The average molecular weight is 506 g/mol. The van der Waals surface area contributed by atoms with Gasteiger partial charge < -0.3 is 0 Å². The average Bonchev–Trinajstić information content (AvgIpc) is 3.02. The molecule has 0 bridgehead atoms. The quantitative estimate of drug-likeness (QED) is 0.168. The first-order chi connectivity index (χ1) is 19.9. The molecule has 0 fully saturated rings. The molecule has 0 amide bonds. The fraction of sp³-hybridized carbons (Fsp3) is 0. The van der Waals surface area contributed by atoms with E-state index >= 15 is 0 Å². The molecule has 40 heavy (non-hydrogen) atoms. The molecule has 0 spiro atoms. The van der Waals surface area contributed by atoms with Gasteiger partial charge in [-0.1, -0.05) is 121 Å². The van der Waals surface area contributed by atoms with E-state index in [0.717, 1.165) is 0 Å². The second kappa shape index (κ2) is 8.11. The van der Waals surface area contributed by atoms with Gasteiger partial charge in [-0.2, -0.15) is 0 Å². The second-order valence-corrected chi connectivity index (χ2v) is 10.7. The number of nitrogens with zero attached hydrogens (tertiary/aromatic N) is 1. The fourth-order valence-corrected chi connectivity index (χ4v) is 7.09. The predicted octanol–water partition coefficient (Wildman–Crippen LogP) is 10.8. The molecule has 0 aliphatic heterocycles. The Morgan fingerprint density at radius 3 is 1.70 bits per heavy atom. The SMILES string of the molecule is c1ccc(-c2c3ccccc3c(-c3ccc4c5cccc6cccc(c7cccc3c74)c65)c3cnccc23)cc1. The lowest BCUT2D eigenvalue weighted by Crippen LogP contribution is -1.93. The Bertz CT molecular complexity index is 2310. The molecule has 1 heteroatoms. The number of aromatic nitrogens is 1. The smallest absolute Gasteiger partial charge is 0.0353 e. The Hall–Kier alpha value is -5.27. The van der Waals surface area contributed by atoms with E-state index in [1.807, 2.05) is 6.20 Å². The third kappa shape index (κ3) is 2.84. The zero-order valence-electron chi connectivity index (χ0n) is 21.7. The molecule has 0 saturated carbocycles. The Morgan fingerprint density at radius 2 is 0.925 bits per heavy atom. The number of fused-ring (bicyclic) bond motifs is 4. The van der Waals surface area contributed by atoms with E-state index in [4.69, 9.17) is 0 Å². The van der Waals surface area contributed by atoms with Crippen LogP contribution in [0.5, 0.6) is 0 Å². The van der Waals surface area contributed by atoms with Gasteiger partial charge in [0.15, 0.2) is 0 Å². The van der Waals surface area contributed by atoms with E-state index in [2.05, 4.69) is 139 Å². The van der Waals surface area contributed by atoms with Crippen LogP contribution in [0.25, 0.3) is 86.9 Å². The second-order valence-electron chi connectivity index (χ2n) is 10.7. The number of benzene rings is 8. The van der Waals surface area contributed by atoms with Gasteiger partial charge in [-0.15, -0.1) is 0 Å². The first-order valence-electron chi connectivity index (χ1n) is 13.8. The van der Waals surface area contributed by atoms with Crippen LogP contribution in [-0.4, -0.2) is 4.98 Å². The van der Waals surface area contributed by atoms with Crippen LogP contribution in [0.2, 0.25) is 0 Å². The summed E-state index contributed by atoms with van der Waals surface area (Å²) < 4.78 is 0. The molecular weight excluding hydrogens is 482 g/mol. The van der Waals surface area contributed by atoms with E-state index in [0.29, 0.717) is 0 Å². The molecule has 1 nitrogen and oxygen atoms in total. The summed E-state index contributed by atoms with van der Waals surface area (Å²) in [6.45, 7) is 0. The molecule has 0 aliphatic rings. The van der Waals surface area contributed by atoms with Crippen LogP contribution in [0.1, 0.15) is 0 Å². The maximum Gasteiger partial charge on any atom is 0.0353 e. The van der Waals surface area contributed by atoms with Crippen LogP contribution in [-0.2, 0) is 0 Å². The molecular formula is C39H23N. The molecule has 0 N–H and O–H groups in total. The molecule has 1 heterocycles. The summed E-state index contributed by atoms with van der Waals surface area (Å²) in [5.41, 5.74) is 4.99. The molecule has 0 aliphatic carbocycles. The lowest BCUT2D eigenvalue weighted by molar-refractivity contribution is 1.37. The Balaban J connectivity index is 1.49. The molecule has 0 atom stereocenters. The first kappa shape index (κ1) is 21.6. The minimum atomic E-state index is 1.18. The van der Waals surface area contributed by atoms with Crippen molar-refractivity contribution in [2.75, 3.05) is 0 Å². The van der Waals surface area contributed by atoms with Crippen molar-refractivity contribution in [3.63, 3.8) is 0 Å². The molecule has 0 unspecified atom stereocenters. The lowest BCUT2D eigenvalue weighted by Gasteiger charge is -2.20. The van der Waals surface area contributed by atoms with Crippen molar-refractivity contribution in [3.8, 4) is 22.3 Å². The van der Waals surface area contributed by atoms with Crippen LogP contribution in [0.15, 0.2) is 140 Å². The number of rotatable bonds is 2. The van der Waals surface area contributed by atoms with E-state index in [1.165, 1.54) is 86.9 Å². The third-order valence-electron chi connectivity index (χ3n) is 8.68. The van der Waals surface area contributed by atoms with E-state index < -0.39 is 0 Å². The summed E-state index contributed by atoms with van der Waals surface area (Å²) in [6.07, 6.45) is 3.97. The molecule has 9 aromatic rings. The molecule has 1 aromatic heterocycles. The summed E-state index contributed by atoms with van der Waals surface area (Å²) in [7, 11) is 0. The fourth-order valence-electron chi connectivity index (χ4n) is 7.09. The molecule has 9 rings (SSSR count). The van der Waals surface area contributed by atoms with Crippen LogP contribution in [0, 0.1) is 0 Å². The minimum Gasteiger partial charge on any atom is -0.264 e. The number of hydrogen-bond acceptors (Lipinski definition) is 1. The van der Waals surface area contributed by atoms with Gasteiger partial charge in [0.05, 0.1) is 0 Å². The Morgan fingerprint density at radius 1 is 0.350 bits per heavy atom. The number of hydrogen-bond donors (Lipinski definition) is 0. The van der Waals surface area contributed by atoms with Crippen molar-refractivity contribution in [2.45, 2.75) is 0 Å². The summed E-state index contributed by atoms with van der Waals surface area (Å²) in [6, 6.07) is 46.6. The van der Waals surface area contributed by atoms with Crippen molar-refractivity contribution >= 4 is 64.6 Å². The van der Waals surface area contributed by atoms with Gasteiger partial charge >= 0.3 is 0 Å². The van der Waals surface area contributed by atoms with Crippen molar-refractivity contribution in [1.29, 1.82) is 0 Å². The summed E-state index contributed by atoms with van der Waals surface area (Å²) in [5.74, 6) is 0. The standard InChI is InChI=1S/C39H23N/c1-2-9-24(10-3-1)37-26-13-4-5-14-29(26)39(35-23-40-22-21-34(35)37)33-20-19-32-28-16-7-12-25-11-6-15-27(36(25)28)30-17-8-18-31(33)38(30)32/h1-23H. The Labute approximate surface area is 231 Å². The maximum absolute atomic E-state index is 4.64. The van der Waals surface area contributed by atoms with Crippen LogP contribution in [0.4, 0.5) is 0 Å². The molecule has 184 valence electrons. The minimum absolute atomic E-state index is 1.18. The van der Waals surface area contributed by atoms with Gasteiger partial charge in [0.2, 0.25) is 0 Å². The Kier molecular flexibility index (Phi) is 4.39. The highest BCUT2D eigenvalue weighted by atomic mass is 14.6. The molecule has 0 radical (unpaired) electrons. The highest BCUT2D eigenvalue weighted by Crippen LogP contribution is 2.48. The van der Waals surface area contributed by atoms with Gasteiger partial charge in [0.25, 0.3) is 0 Å². The van der Waals surface area contributed by atoms with Gasteiger partial charge in [0.1, 0.15) is 0 Å². The van der Waals surface area contributed by atoms with Crippen LogP contribution < -0.4 is 0 Å². The van der Waals surface area contributed by atoms with E-state index in [1.54, 1.807) is 0 Å². The van der Waals surface area contributed by atoms with Crippen LogP contribution >= 0.6 is 0 Å².